The van der Waals surface area contributed by atoms with Crippen molar-refractivity contribution in [2.75, 3.05) is 19.6 Å². The normalized spacial score (nSPS) is 27.6. The minimum absolute atomic E-state index is 0.506. The van der Waals surface area contributed by atoms with Gasteiger partial charge in [0.15, 0.2) is 0 Å². The van der Waals surface area contributed by atoms with Crippen LogP contribution in [0.15, 0.2) is 0 Å². The molecular weight excluding hydrogens is 184 g/mol. The maximum absolute atomic E-state index is 3.80. The molecule has 1 saturated carbocycles. The molecule has 2 heteroatoms. The Morgan fingerprint density at radius 1 is 1.13 bits per heavy atom. The first-order chi connectivity index (χ1) is 7.18. The van der Waals surface area contributed by atoms with Crippen LogP contribution < -0.4 is 10.6 Å². The van der Waals surface area contributed by atoms with Crippen molar-refractivity contribution in [2.45, 2.75) is 57.9 Å². The minimum Gasteiger partial charge on any atom is -0.317 e. The molecule has 88 valence electrons. The zero-order valence-electron chi connectivity index (χ0n) is 10.4. The molecule has 0 radical (unpaired) electrons. The Morgan fingerprint density at radius 3 is 2.33 bits per heavy atom. The fraction of sp³-hybridized carbons (Fsp3) is 1.00. The Kier molecular flexibility index (Phi) is 3.36. The number of hydrogen-bond donors (Lipinski definition) is 2. The van der Waals surface area contributed by atoms with E-state index in [1.54, 1.807) is 0 Å². The van der Waals surface area contributed by atoms with Crippen LogP contribution in [0.5, 0.6) is 0 Å². The van der Waals surface area contributed by atoms with Gasteiger partial charge >= 0.3 is 0 Å². The molecule has 0 bridgehead atoms. The second-order valence-corrected chi connectivity index (χ2v) is 5.91. The van der Waals surface area contributed by atoms with Gasteiger partial charge in [0.25, 0.3) is 0 Å². The average molecular weight is 210 g/mol. The highest BCUT2D eigenvalue weighted by Crippen LogP contribution is 2.38. The Labute approximate surface area is 94.2 Å². The van der Waals surface area contributed by atoms with Crippen LogP contribution >= 0.6 is 0 Å². The van der Waals surface area contributed by atoms with Gasteiger partial charge in [0.2, 0.25) is 0 Å². The Morgan fingerprint density at radius 2 is 1.80 bits per heavy atom. The fourth-order valence-electron chi connectivity index (χ4n) is 2.77. The molecule has 0 aromatic rings. The van der Waals surface area contributed by atoms with Crippen LogP contribution in [0.4, 0.5) is 0 Å². The standard InChI is InChI=1S/C13H26N2/c1-3-4-13(7-9-14-10-8-13)11-15-12(2)5-6-12/h14-15H,3-11H2,1-2H3. The second kappa shape index (κ2) is 4.42. The van der Waals surface area contributed by atoms with Crippen molar-refractivity contribution in [3.8, 4) is 0 Å². The first-order valence-electron chi connectivity index (χ1n) is 6.64. The van der Waals surface area contributed by atoms with Crippen LogP contribution in [0, 0.1) is 5.41 Å². The number of rotatable bonds is 5. The summed E-state index contributed by atoms with van der Waals surface area (Å²) in [7, 11) is 0. The van der Waals surface area contributed by atoms with Crippen LogP contribution in [-0.2, 0) is 0 Å². The molecule has 0 aromatic heterocycles. The van der Waals surface area contributed by atoms with E-state index in [0.717, 1.165) is 0 Å². The van der Waals surface area contributed by atoms with E-state index in [1.165, 1.54) is 58.2 Å². The molecule has 0 spiro atoms. The number of hydrogen-bond acceptors (Lipinski definition) is 2. The molecule has 2 N–H and O–H groups in total. The lowest BCUT2D eigenvalue weighted by Crippen LogP contribution is -2.45. The van der Waals surface area contributed by atoms with Gasteiger partial charge in [-0.25, -0.2) is 0 Å². The van der Waals surface area contributed by atoms with E-state index in [2.05, 4.69) is 24.5 Å². The van der Waals surface area contributed by atoms with E-state index < -0.39 is 0 Å². The highest BCUT2D eigenvalue weighted by Gasteiger charge is 2.40. The molecule has 0 amide bonds. The predicted octanol–water partition coefficient (Wildman–Crippen LogP) is 2.30. The van der Waals surface area contributed by atoms with Crippen LogP contribution in [0.25, 0.3) is 0 Å². The highest BCUT2D eigenvalue weighted by atomic mass is 15.0. The molecule has 0 unspecified atom stereocenters. The summed E-state index contributed by atoms with van der Waals surface area (Å²) in [6, 6.07) is 0. The molecule has 1 heterocycles. The summed E-state index contributed by atoms with van der Waals surface area (Å²) in [5.74, 6) is 0. The summed E-state index contributed by atoms with van der Waals surface area (Å²) in [6.45, 7) is 8.38. The topological polar surface area (TPSA) is 24.1 Å². The van der Waals surface area contributed by atoms with Gasteiger partial charge in [-0.2, -0.15) is 0 Å². The van der Waals surface area contributed by atoms with Crippen molar-refractivity contribution in [1.82, 2.24) is 10.6 Å². The molecule has 2 aliphatic rings. The molecule has 2 nitrogen and oxygen atoms in total. The number of piperidine rings is 1. The third-order valence-corrected chi connectivity index (χ3v) is 4.33. The quantitative estimate of drug-likeness (QED) is 0.727. The van der Waals surface area contributed by atoms with E-state index in [9.17, 15) is 0 Å². The van der Waals surface area contributed by atoms with Gasteiger partial charge < -0.3 is 10.6 Å². The van der Waals surface area contributed by atoms with Crippen molar-refractivity contribution >= 4 is 0 Å². The number of nitrogens with one attached hydrogen (secondary N) is 2. The maximum Gasteiger partial charge on any atom is 0.0154 e. The fourth-order valence-corrected chi connectivity index (χ4v) is 2.77. The van der Waals surface area contributed by atoms with Crippen molar-refractivity contribution in [2.24, 2.45) is 5.41 Å². The lowest BCUT2D eigenvalue weighted by molar-refractivity contribution is 0.169. The Balaban J connectivity index is 1.86. The first kappa shape index (κ1) is 11.4. The minimum atomic E-state index is 0.506. The molecular formula is C13H26N2. The summed E-state index contributed by atoms with van der Waals surface area (Å²) in [4.78, 5) is 0. The molecule has 1 aliphatic carbocycles. The lowest BCUT2D eigenvalue weighted by atomic mass is 9.75. The van der Waals surface area contributed by atoms with Gasteiger partial charge in [-0.1, -0.05) is 13.3 Å². The molecule has 0 aromatic carbocycles. The van der Waals surface area contributed by atoms with Gasteiger partial charge in [0, 0.05) is 12.1 Å². The molecule has 1 aliphatic heterocycles. The molecule has 0 atom stereocenters. The second-order valence-electron chi connectivity index (χ2n) is 5.91. The van der Waals surface area contributed by atoms with Gasteiger partial charge in [0.1, 0.15) is 0 Å². The van der Waals surface area contributed by atoms with Crippen LogP contribution in [0.1, 0.15) is 52.4 Å². The van der Waals surface area contributed by atoms with Crippen LogP contribution in [0.3, 0.4) is 0 Å². The first-order valence-corrected chi connectivity index (χ1v) is 6.64. The summed E-state index contributed by atoms with van der Waals surface area (Å²) < 4.78 is 0. The third-order valence-electron chi connectivity index (χ3n) is 4.33. The van der Waals surface area contributed by atoms with Crippen LogP contribution in [0.2, 0.25) is 0 Å². The highest BCUT2D eigenvalue weighted by molar-refractivity contribution is 4.99. The summed E-state index contributed by atoms with van der Waals surface area (Å²) >= 11 is 0. The summed E-state index contributed by atoms with van der Waals surface area (Å²) in [5, 5.41) is 7.28. The zero-order valence-corrected chi connectivity index (χ0v) is 10.4. The van der Waals surface area contributed by atoms with Gasteiger partial charge in [-0.3, -0.25) is 0 Å². The third kappa shape index (κ3) is 2.94. The Bertz CT molecular complexity index is 197. The van der Waals surface area contributed by atoms with E-state index >= 15 is 0 Å². The van der Waals surface area contributed by atoms with Gasteiger partial charge in [-0.05, 0) is 57.5 Å². The summed E-state index contributed by atoms with van der Waals surface area (Å²) in [5.41, 5.74) is 1.11. The Hall–Kier alpha value is -0.0800. The van der Waals surface area contributed by atoms with Gasteiger partial charge in [0.05, 0.1) is 0 Å². The van der Waals surface area contributed by atoms with E-state index in [1.807, 2.05) is 0 Å². The van der Waals surface area contributed by atoms with Crippen molar-refractivity contribution in [3.05, 3.63) is 0 Å². The SMILES string of the molecule is CCCC1(CNC2(C)CC2)CCNCC1. The van der Waals surface area contributed by atoms with Crippen molar-refractivity contribution < 1.29 is 0 Å². The maximum atomic E-state index is 3.80. The molecule has 1 saturated heterocycles. The van der Waals surface area contributed by atoms with E-state index in [0.29, 0.717) is 11.0 Å². The average Bonchev–Trinajstić information content (AvgIpc) is 2.97. The molecule has 2 fully saturated rings. The summed E-state index contributed by atoms with van der Waals surface area (Å²) in [6.07, 6.45) is 8.23. The van der Waals surface area contributed by atoms with E-state index in [-0.39, 0.29) is 0 Å². The van der Waals surface area contributed by atoms with Crippen molar-refractivity contribution in [1.29, 1.82) is 0 Å². The van der Waals surface area contributed by atoms with Crippen molar-refractivity contribution in [3.63, 3.8) is 0 Å². The largest absolute Gasteiger partial charge is 0.317 e. The molecule has 15 heavy (non-hydrogen) atoms. The van der Waals surface area contributed by atoms with Crippen LogP contribution in [-0.4, -0.2) is 25.2 Å². The molecule has 2 rings (SSSR count). The zero-order chi connectivity index (χ0) is 10.8. The monoisotopic (exact) mass is 210 g/mol. The van der Waals surface area contributed by atoms with Gasteiger partial charge in [-0.15, -0.1) is 0 Å². The van der Waals surface area contributed by atoms with E-state index in [4.69, 9.17) is 0 Å². The lowest BCUT2D eigenvalue weighted by Gasteiger charge is -2.39. The predicted molar refractivity (Wildman–Crippen MR) is 65.1 cm³/mol. The smallest absolute Gasteiger partial charge is 0.0154 e.